The fourth-order valence-electron chi connectivity index (χ4n) is 0.498. The molecule has 48 valence electrons. The Morgan fingerprint density at radius 3 is 3.20 bits per heavy atom. The smallest absolute Gasteiger partial charge is 0.170 e. The summed E-state index contributed by atoms with van der Waals surface area (Å²) in [6, 6.07) is 3.87. The SMILES string of the molecule is N#CN=C=Cc1cccs1. The molecule has 3 heteroatoms. The minimum Gasteiger partial charge on any atom is -0.170 e. The summed E-state index contributed by atoms with van der Waals surface area (Å²) in [7, 11) is 0. The second-order valence-corrected chi connectivity index (χ2v) is 2.48. The van der Waals surface area contributed by atoms with Crippen molar-refractivity contribution in [2.24, 2.45) is 4.99 Å². The number of hydrogen-bond donors (Lipinski definition) is 0. The monoisotopic (exact) mass is 148 g/mol. The van der Waals surface area contributed by atoms with Crippen molar-refractivity contribution in [3.63, 3.8) is 0 Å². The third kappa shape index (κ3) is 1.87. The molecule has 2 nitrogen and oxygen atoms in total. The van der Waals surface area contributed by atoms with Gasteiger partial charge in [-0.3, -0.25) is 0 Å². The fraction of sp³-hybridized carbons (Fsp3) is 0. The lowest BCUT2D eigenvalue weighted by Crippen LogP contribution is -1.55. The van der Waals surface area contributed by atoms with Gasteiger partial charge in [-0.2, -0.15) is 5.26 Å². The summed E-state index contributed by atoms with van der Waals surface area (Å²) < 4.78 is 0. The first-order chi connectivity index (χ1) is 4.93. The van der Waals surface area contributed by atoms with E-state index in [4.69, 9.17) is 5.26 Å². The zero-order chi connectivity index (χ0) is 7.23. The molecule has 0 amide bonds. The Morgan fingerprint density at radius 1 is 1.70 bits per heavy atom. The molecule has 1 aromatic rings. The average molecular weight is 148 g/mol. The third-order valence-electron chi connectivity index (χ3n) is 0.865. The highest BCUT2D eigenvalue weighted by Gasteiger charge is 1.81. The molecular formula is C7H4N2S. The Labute approximate surface area is 62.8 Å². The molecule has 0 fully saturated rings. The Hall–Kier alpha value is -1.36. The van der Waals surface area contributed by atoms with Gasteiger partial charge in [-0.25, -0.2) is 0 Å². The van der Waals surface area contributed by atoms with Crippen LogP contribution in [0.3, 0.4) is 0 Å². The van der Waals surface area contributed by atoms with Crippen LogP contribution < -0.4 is 0 Å². The summed E-state index contributed by atoms with van der Waals surface area (Å²) >= 11 is 1.59. The van der Waals surface area contributed by atoms with E-state index >= 15 is 0 Å². The average Bonchev–Trinajstić information content (AvgIpc) is 2.41. The van der Waals surface area contributed by atoms with Crippen LogP contribution in [0.5, 0.6) is 0 Å². The van der Waals surface area contributed by atoms with Crippen LogP contribution in [-0.2, 0) is 0 Å². The lowest BCUT2D eigenvalue weighted by Gasteiger charge is -1.71. The van der Waals surface area contributed by atoms with Gasteiger partial charge in [-0.05, 0) is 11.4 Å². The first kappa shape index (κ1) is 6.76. The first-order valence-electron chi connectivity index (χ1n) is 2.64. The molecule has 10 heavy (non-hydrogen) atoms. The van der Waals surface area contributed by atoms with E-state index in [1.165, 1.54) is 0 Å². The van der Waals surface area contributed by atoms with Crippen molar-refractivity contribution in [2.45, 2.75) is 0 Å². The Balaban J connectivity index is 2.75. The third-order valence-corrected chi connectivity index (χ3v) is 1.68. The minimum atomic E-state index is 1.05. The largest absolute Gasteiger partial charge is 0.214 e. The number of hydrogen-bond acceptors (Lipinski definition) is 3. The van der Waals surface area contributed by atoms with Gasteiger partial charge in [0.25, 0.3) is 0 Å². The van der Waals surface area contributed by atoms with Crippen molar-refractivity contribution in [3.05, 3.63) is 22.4 Å². The van der Waals surface area contributed by atoms with Crippen LogP contribution >= 0.6 is 11.3 Å². The molecule has 0 saturated heterocycles. The second kappa shape index (κ2) is 3.62. The fourth-order valence-corrected chi connectivity index (χ4v) is 1.09. The van der Waals surface area contributed by atoms with Gasteiger partial charge in [-0.15, -0.1) is 16.3 Å². The van der Waals surface area contributed by atoms with Crippen LogP contribution in [-0.4, -0.2) is 5.87 Å². The minimum absolute atomic E-state index is 1.05. The van der Waals surface area contributed by atoms with E-state index in [2.05, 4.69) is 10.9 Å². The van der Waals surface area contributed by atoms with Crippen molar-refractivity contribution < 1.29 is 0 Å². The standard InChI is InChI=1S/C7H4N2S/c8-6-9-4-3-7-2-1-5-10-7/h1-3,5H. The van der Waals surface area contributed by atoms with Crippen molar-refractivity contribution in [2.75, 3.05) is 0 Å². The molecule has 1 heterocycles. The second-order valence-electron chi connectivity index (χ2n) is 1.50. The van der Waals surface area contributed by atoms with Crippen LogP contribution in [0.25, 0.3) is 6.08 Å². The highest BCUT2D eigenvalue weighted by Crippen LogP contribution is 2.07. The molecule has 0 spiro atoms. The van der Waals surface area contributed by atoms with E-state index in [1.807, 2.05) is 17.5 Å². The van der Waals surface area contributed by atoms with Gasteiger partial charge in [-0.1, -0.05) is 6.07 Å². The van der Waals surface area contributed by atoms with Crippen LogP contribution in [0.2, 0.25) is 0 Å². The maximum absolute atomic E-state index is 8.00. The maximum atomic E-state index is 8.00. The van der Waals surface area contributed by atoms with Crippen molar-refractivity contribution in [1.29, 1.82) is 5.26 Å². The van der Waals surface area contributed by atoms with Gasteiger partial charge in [0.2, 0.25) is 6.19 Å². The number of nitriles is 1. The van der Waals surface area contributed by atoms with Crippen LogP contribution in [0.1, 0.15) is 4.88 Å². The lowest BCUT2D eigenvalue weighted by atomic mass is 10.5. The topological polar surface area (TPSA) is 36.1 Å². The van der Waals surface area contributed by atoms with E-state index in [-0.39, 0.29) is 0 Å². The van der Waals surface area contributed by atoms with Gasteiger partial charge in [0, 0.05) is 16.8 Å². The quantitative estimate of drug-likeness (QED) is 0.442. The molecular weight excluding hydrogens is 144 g/mol. The van der Waals surface area contributed by atoms with E-state index < -0.39 is 0 Å². The molecule has 0 N–H and O–H groups in total. The molecule has 0 aliphatic carbocycles. The summed E-state index contributed by atoms with van der Waals surface area (Å²) in [4.78, 5) is 4.31. The zero-order valence-corrected chi connectivity index (χ0v) is 5.93. The number of aliphatic imine (C=N–C) groups is 1. The number of rotatable bonds is 1. The summed E-state index contributed by atoms with van der Waals surface area (Å²) in [5.41, 5.74) is 0. The van der Waals surface area contributed by atoms with Crippen LogP contribution in [0.4, 0.5) is 0 Å². The summed E-state index contributed by atoms with van der Waals surface area (Å²) in [6.07, 6.45) is 3.29. The Kier molecular flexibility index (Phi) is 2.45. The molecule has 0 atom stereocenters. The predicted octanol–water partition coefficient (Wildman–Crippen LogP) is 1.91. The van der Waals surface area contributed by atoms with Gasteiger partial charge in [0.1, 0.15) is 0 Å². The number of thiophene rings is 1. The molecule has 0 saturated carbocycles. The zero-order valence-electron chi connectivity index (χ0n) is 5.11. The van der Waals surface area contributed by atoms with Crippen molar-refractivity contribution in [3.8, 4) is 6.19 Å². The molecule has 0 aliphatic rings. The predicted molar refractivity (Wildman–Crippen MR) is 41.8 cm³/mol. The lowest BCUT2D eigenvalue weighted by molar-refractivity contribution is 1.45. The number of nitrogens with zero attached hydrogens (tertiary/aromatic N) is 2. The van der Waals surface area contributed by atoms with E-state index in [9.17, 15) is 0 Å². The van der Waals surface area contributed by atoms with Crippen molar-refractivity contribution in [1.82, 2.24) is 0 Å². The first-order valence-corrected chi connectivity index (χ1v) is 3.52. The maximum Gasteiger partial charge on any atom is 0.214 e. The van der Waals surface area contributed by atoms with E-state index in [0.29, 0.717) is 0 Å². The highest BCUT2D eigenvalue weighted by atomic mass is 32.1. The summed E-state index contributed by atoms with van der Waals surface area (Å²) in [6.45, 7) is 0. The van der Waals surface area contributed by atoms with E-state index in [1.54, 1.807) is 23.6 Å². The van der Waals surface area contributed by atoms with Crippen LogP contribution in [0, 0.1) is 11.5 Å². The molecule has 1 aromatic heterocycles. The molecule has 0 bridgehead atoms. The molecule has 0 radical (unpaired) electrons. The van der Waals surface area contributed by atoms with Crippen molar-refractivity contribution >= 4 is 23.3 Å². The molecule has 0 aliphatic heterocycles. The van der Waals surface area contributed by atoms with E-state index in [0.717, 1.165) is 4.88 Å². The van der Waals surface area contributed by atoms with Crippen LogP contribution in [0.15, 0.2) is 22.5 Å². The van der Waals surface area contributed by atoms with Gasteiger partial charge in [0.15, 0.2) is 0 Å². The molecule has 0 unspecified atom stereocenters. The Bertz CT molecular complexity index is 286. The normalized spacial score (nSPS) is 7.50. The molecule has 1 rings (SSSR count). The summed E-state index contributed by atoms with van der Waals surface area (Å²) in [5.74, 6) is 2.49. The van der Waals surface area contributed by atoms with Gasteiger partial charge in [0.05, 0.1) is 0 Å². The molecule has 0 aromatic carbocycles. The van der Waals surface area contributed by atoms with Gasteiger partial charge < -0.3 is 0 Å². The highest BCUT2D eigenvalue weighted by molar-refractivity contribution is 7.10. The Morgan fingerprint density at radius 2 is 2.60 bits per heavy atom. The van der Waals surface area contributed by atoms with Gasteiger partial charge >= 0.3 is 0 Å². The summed E-state index contributed by atoms with van der Waals surface area (Å²) in [5, 5.41) is 9.96.